The summed E-state index contributed by atoms with van der Waals surface area (Å²) in [5.74, 6) is -1.20. The third kappa shape index (κ3) is 5.48. The van der Waals surface area contributed by atoms with Crippen molar-refractivity contribution in [2.45, 2.75) is 38.9 Å². The molecule has 156 valence electrons. The number of benzene rings is 2. The maximum absolute atomic E-state index is 13.6. The monoisotopic (exact) mass is 426 g/mol. The molecule has 0 aliphatic carbocycles. The van der Waals surface area contributed by atoms with E-state index in [1.54, 1.807) is 5.38 Å². The predicted molar refractivity (Wildman–Crippen MR) is 113 cm³/mol. The Labute approximate surface area is 178 Å². The lowest BCUT2D eigenvalue weighted by Crippen LogP contribution is -2.49. The Kier molecular flexibility index (Phi) is 6.56. The van der Waals surface area contributed by atoms with Gasteiger partial charge in [-0.1, -0.05) is 47.0 Å². The van der Waals surface area contributed by atoms with Crippen LogP contribution in [-0.4, -0.2) is 31.8 Å². The van der Waals surface area contributed by atoms with Crippen LogP contribution < -0.4 is 5.32 Å². The molecule has 0 saturated heterocycles. The second-order valence-electron chi connectivity index (χ2n) is 7.90. The summed E-state index contributed by atoms with van der Waals surface area (Å²) in [4.78, 5) is 28.1. The van der Waals surface area contributed by atoms with Crippen LogP contribution in [0.15, 0.2) is 60.0 Å². The predicted octanol–water partition coefficient (Wildman–Crippen LogP) is 3.98. The number of hydrogen-bond acceptors (Lipinski definition) is 5. The molecule has 6 nitrogen and oxygen atoms in total. The highest BCUT2D eigenvalue weighted by molar-refractivity contribution is 7.03. The van der Waals surface area contributed by atoms with Gasteiger partial charge >= 0.3 is 0 Å². The van der Waals surface area contributed by atoms with Crippen molar-refractivity contribution < 1.29 is 14.0 Å². The summed E-state index contributed by atoms with van der Waals surface area (Å²) in [7, 11) is 0. The zero-order chi connectivity index (χ0) is 21.7. The van der Waals surface area contributed by atoms with Gasteiger partial charge in [0.05, 0.1) is 0 Å². The Morgan fingerprint density at radius 1 is 1.10 bits per heavy atom. The van der Waals surface area contributed by atoms with Gasteiger partial charge in [-0.2, -0.15) is 0 Å². The van der Waals surface area contributed by atoms with Crippen molar-refractivity contribution >= 4 is 23.3 Å². The molecule has 1 aromatic heterocycles. The number of halogens is 1. The van der Waals surface area contributed by atoms with Gasteiger partial charge in [0.2, 0.25) is 5.91 Å². The Balaban J connectivity index is 2.07. The third-order valence-corrected chi connectivity index (χ3v) is 4.78. The first kappa shape index (κ1) is 21.6. The van der Waals surface area contributed by atoms with Crippen LogP contribution in [0, 0.1) is 5.82 Å². The van der Waals surface area contributed by atoms with E-state index in [-0.39, 0.29) is 18.1 Å². The molecule has 2 aromatic carbocycles. The fourth-order valence-electron chi connectivity index (χ4n) is 3.02. The van der Waals surface area contributed by atoms with Crippen molar-refractivity contribution in [3.8, 4) is 0 Å². The number of hydrogen-bond donors (Lipinski definition) is 1. The molecule has 0 fully saturated rings. The van der Waals surface area contributed by atoms with Gasteiger partial charge in [-0.25, -0.2) is 4.39 Å². The van der Waals surface area contributed by atoms with Crippen molar-refractivity contribution in [3.05, 3.63) is 82.6 Å². The zero-order valence-electron chi connectivity index (χ0n) is 17.0. The molecule has 3 rings (SSSR count). The minimum atomic E-state index is -0.973. The number of nitrogens with one attached hydrogen (secondary N) is 1. The second kappa shape index (κ2) is 9.13. The normalized spacial score (nSPS) is 12.3. The molecule has 1 N–H and O–H groups in total. The van der Waals surface area contributed by atoms with Crippen LogP contribution in [0.1, 0.15) is 48.4 Å². The number of carbonyl (C=O) groups is 2. The van der Waals surface area contributed by atoms with Crippen molar-refractivity contribution in [2.75, 3.05) is 0 Å². The highest BCUT2D eigenvalue weighted by Gasteiger charge is 2.34. The molecule has 1 atom stereocenters. The van der Waals surface area contributed by atoms with Crippen LogP contribution in [-0.2, 0) is 11.3 Å². The van der Waals surface area contributed by atoms with E-state index in [9.17, 15) is 14.0 Å². The molecule has 8 heteroatoms. The van der Waals surface area contributed by atoms with Gasteiger partial charge < -0.3 is 10.2 Å². The molecule has 1 heterocycles. The minimum absolute atomic E-state index is 0.159. The fraction of sp³-hybridized carbons (Fsp3) is 0.273. The van der Waals surface area contributed by atoms with Crippen LogP contribution in [0.2, 0.25) is 0 Å². The Hall–Kier alpha value is -3.13. The number of carbonyl (C=O) groups excluding carboxylic acids is 2. The van der Waals surface area contributed by atoms with Crippen LogP contribution in [0.5, 0.6) is 0 Å². The van der Waals surface area contributed by atoms with Gasteiger partial charge in [0.1, 0.15) is 11.9 Å². The van der Waals surface area contributed by atoms with Crippen molar-refractivity contribution in [3.63, 3.8) is 0 Å². The Bertz CT molecular complexity index is 986. The Morgan fingerprint density at radius 3 is 2.33 bits per heavy atom. The van der Waals surface area contributed by atoms with E-state index < -0.39 is 23.3 Å². The quantitative estimate of drug-likeness (QED) is 0.647. The summed E-state index contributed by atoms with van der Waals surface area (Å²) in [6, 6.07) is 14.0. The highest BCUT2D eigenvalue weighted by atomic mass is 32.1. The smallest absolute Gasteiger partial charge is 0.276 e. The SMILES string of the molecule is CC(C)(C)NC(=O)[C@H](c1ccc(F)cc1)N(Cc1ccccc1)C(=O)c1csnn1. The lowest BCUT2D eigenvalue weighted by atomic mass is 10.0. The van der Waals surface area contributed by atoms with Gasteiger partial charge in [0.25, 0.3) is 5.91 Å². The standard InChI is InChI=1S/C22H23FN4O2S/c1-22(2,3)24-20(28)19(16-9-11-17(23)12-10-16)27(13-15-7-5-4-6-8-15)21(29)18-14-30-26-25-18/h4-12,14,19H,13H2,1-3H3,(H,24,28)/t19-/m0/s1. The van der Waals surface area contributed by atoms with Crippen LogP contribution in [0.4, 0.5) is 4.39 Å². The van der Waals surface area contributed by atoms with Gasteiger partial charge in [-0.15, -0.1) is 5.10 Å². The summed E-state index contributed by atoms with van der Waals surface area (Å²) < 4.78 is 17.3. The molecule has 2 amide bonds. The maximum atomic E-state index is 13.6. The molecule has 0 aliphatic heterocycles. The topological polar surface area (TPSA) is 75.2 Å². The number of amides is 2. The van der Waals surface area contributed by atoms with E-state index in [4.69, 9.17) is 0 Å². The van der Waals surface area contributed by atoms with Crippen molar-refractivity contribution in [1.29, 1.82) is 0 Å². The van der Waals surface area contributed by atoms with Crippen LogP contribution >= 0.6 is 11.5 Å². The van der Waals surface area contributed by atoms with Gasteiger partial charge in [-0.3, -0.25) is 9.59 Å². The summed E-state index contributed by atoms with van der Waals surface area (Å²) in [5.41, 5.74) is 1.00. The van der Waals surface area contributed by atoms with Gasteiger partial charge in [-0.05, 0) is 55.6 Å². The minimum Gasteiger partial charge on any atom is -0.349 e. The van der Waals surface area contributed by atoms with Crippen LogP contribution in [0.3, 0.4) is 0 Å². The fourth-order valence-corrected chi connectivity index (χ4v) is 3.45. The lowest BCUT2D eigenvalue weighted by Gasteiger charge is -2.33. The highest BCUT2D eigenvalue weighted by Crippen LogP contribution is 2.26. The molecule has 0 aliphatic rings. The number of rotatable bonds is 6. The number of aromatic nitrogens is 2. The van der Waals surface area contributed by atoms with E-state index in [2.05, 4.69) is 14.9 Å². The molecule has 30 heavy (non-hydrogen) atoms. The van der Waals surface area contributed by atoms with E-state index in [0.717, 1.165) is 17.1 Å². The van der Waals surface area contributed by atoms with Gasteiger partial charge in [0.15, 0.2) is 5.69 Å². The summed E-state index contributed by atoms with van der Waals surface area (Å²) in [6.45, 7) is 5.76. The summed E-state index contributed by atoms with van der Waals surface area (Å²) in [6.07, 6.45) is 0. The summed E-state index contributed by atoms with van der Waals surface area (Å²) >= 11 is 1.06. The number of nitrogens with zero attached hydrogens (tertiary/aromatic N) is 3. The molecule has 0 spiro atoms. The van der Waals surface area contributed by atoms with E-state index >= 15 is 0 Å². The second-order valence-corrected chi connectivity index (χ2v) is 8.51. The first-order chi connectivity index (χ1) is 14.2. The molecule has 0 unspecified atom stereocenters. The van der Waals surface area contributed by atoms with Crippen molar-refractivity contribution in [2.24, 2.45) is 0 Å². The van der Waals surface area contributed by atoms with Crippen LogP contribution in [0.25, 0.3) is 0 Å². The zero-order valence-corrected chi connectivity index (χ0v) is 17.8. The molecular formula is C22H23FN4O2S. The van der Waals surface area contributed by atoms with E-state index in [0.29, 0.717) is 5.56 Å². The molecule has 0 radical (unpaired) electrons. The van der Waals surface area contributed by atoms with Crippen molar-refractivity contribution in [1.82, 2.24) is 19.8 Å². The summed E-state index contributed by atoms with van der Waals surface area (Å²) in [5, 5.41) is 8.37. The van der Waals surface area contributed by atoms with E-state index in [1.165, 1.54) is 29.2 Å². The first-order valence-corrected chi connectivity index (χ1v) is 10.3. The lowest BCUT2D eigenvalue weighted by molar-refractivity contribution is -0.127. The van der Waals surface area contributed by atoms with E-state index in [1.807, 2.05) is 51.1 Å². The third-order valence-electron chi connectivity index (χ3n) is 4.28. The molecule has 0 saturated carbocycles. The van der Waals surface area contributed by atoms with Gasteiger partial charge in [0, 0.05) is 17.5 Å². The molecule has 3 aromatic rings. The largest absolute Gasteiger partial charge is 0.349 e. The average Bonchev–Trinajstić information content (AvgIpc) is 3.22. The maximum Gasteiger partial charge on any atom is 0.276 e. The molecular weight excluding hydrogens is 403 g/mol. The average molecular weight is 427 g/mol. The Morgan fingerprint density at radius 2 is 1.77 bits per heavy atom. The first-order valence-electron chi connectivity index (χ1n) is 9.44. The molecule has 0 bridgehead atoms.